The highest BCUT2D eigenvalue weighted by Gasteiger charge is 2.24. The molecule has 0 bridgehead atoms. The first-order valence-electron chi connectivity index (χ1n) is 10.2. The quantitative estimate of drug-likeness (QED) is 0.402. The van der Waals surface area contributed by atoms with Crippen molar-refractivity contribution >= 4 is 18.0 Å². The minimum atomic E-state index is -0.870. The standard InChI is InChI=1S/C25H27NO4/c1-3-17-29-21-14-11-19(12-15-21)13-16-24(27)30-18(2)25(28)26-23-10-6-8-20-7-4-5-9-22(20)23/h3-5,7,9,11-16,18,23H,1,6,8,10,17H2,2H3,(H,26,28)/b16-13+/t18-,23-/m1/s1. The van der Waals surface area contributed by atoms with E-state index in [1.807, 2.05) is 42.5 Å². The van der Waals surface area contributed by atoms with Crippen LogP contribution in [0.1, 0.15) is 42.5 Å². The van der Waals surface area contributed by atoms with Crippen LogP contribution in [0.25, 0.3) is 6.08 Å². The summed E-state index contributed by atoms with van der Waals surface area (Å²) in [7, 11) is 0. The average Bonchev–Trinajstić information content (AvgIpc) is 2.77. The molecule has 5 nitrogen and oxygen atoms in total. The Morgan fingerprint density at radius 1 is 1.20 bits per heavy atom. The summed E-state index contributed by atoms with van der Waals surface area (Å²) in [6.07, 6.45) is 6.70. The maximum Gasteiger partial charge on any atom is 0.331 e. The topological polar surface area (TPSA) is 64.6 Å². The van der Waals surface area contributed by atoms with Gasteiger partial charge in [0.25, 0.3) is 5.91 Å². The number of hydrogen-bond donors (Lipinski definition) is 1. The SMILES string of the molecule is C=CCOc1ccc(/C=C/C(=O)O[C@H](C)C(=O)N[C@@H]2CCCc3ccccc32)cc1. The van der Waals surface area contributed by atoms with Gasteiger partial charge in [-0.25, -0.2) is 4.79 Å². The zero-order valence-corrected chi connectivity index (χ0v) is 17.2. The largest absolute Gasteiger partial charge is 0.490 e. The van der Waals surface area contributed by atoms with Crippen LogP contribution in [0, 0.1) is 0 Å². The van der Waals surface area contributed by atoms with Crippen LogP contribution < -0.4 is 10.1 Å². The monoisotopic (exact) mass is 405 g/mol. The van der Waals surface area contributed by atoms with E-state index >= 15 is 0 Å². The molecule has 2 aromatic carbocycles. The van der Waals surface area contributed by atoms with E-state index in [2.05, 4.69) is 18.0 Å². The highest BCUT2D eigenvalue weighted by molar-refractivity contribution is 5.90. The van der Waals surface area contributed by atoms with E-state index in [1.165, 1.54) is 11.6 Å². The molecule has 0 aromatic heterocycles. The molecule has 0 saturated heterocycles. The predicted octanol–water partition coefficient (Wildman–Crippen LogP) is 4.39. The molecule has 3 rings (SSSR count). The molecule has 30 heavy (non-hydrogen) atoms. The molecule has 0 aliphatic heterocycles. The van der Waals surface area contributed by atoms with Gasteiger partial charge in [0.1, 0.15) is 12.4 Å². The van der Waals surface area contributed by atoms with Gasteiger partial charge in [-0.3, -0.25) is 4.79 Å². The van der Waals surface area contributed by atoms with Crippen molar-refractivity contribution in [3.8, 4) is 5.75 Å². The number of rotatable bonds is 8. The van der Waals surface area contributed by atoms with Crippen LogP contribution in [0.15, 0.2) is 67.3 Å². The molecule has 156 valence electrons. The molecule has 0 saturated carbocycles. The fraction of sp³-hybridized carbons (Fsp3) is 0.280. The fourth-order valence-electron chi connectivity index (χ4n) is 3.45. The molecule has 2 atom stereocenters. The van der Waals surface area contributed by atoms with Crippen molar-refractivity contribution in [2.24, 2.45) is 0 Å². The average molecular weight is 405 g/mol. The highest BCUT2D eigenvalue weighted by Crippen LogP contribution is 2.29. The summed E-state index contributed by atoms with van der Waals surface area (Å²) in [5.41, 5.74) is 3.24. The zero-order chi connectivity index (χ0) is 21.3. The molecule has 0 radical (unpaired) electrons. The van der Waals surface area contributed by atoms with Gasteiger partial charge < -0.3 is 14.8 Å². The number of carbonyl (C=O) groups excluding carboxylic acids is 2. The Morgan fingerprint density at radius 2 is 1.97 bits per heavy atom. The van der Waals surface area contributed by atoms with Crippen LogP contribution in [0.4, 0.5) is 0 Å². The molecule has 1 N–H and O–H groups in total. The molecule has 5 heteroatoms. The van der Waals surface area contributed by atoms with E-state index in [-0.39, 0.29) is 11.9 Å². The van der Waals surface area contributed by atoms with Crippen LogP contribution in [0.2, 0.25) is 0 Å². The first-order valence-corrected chi connectivity index (χ1v) is 10.2. The minimum absolute atomic E-state index is 0.0408. The normalized spacial score (nSPS) is 16.4. The van der Waals surface area contributed by atoms with Crippen molar-refractivity contribution in [3.05, 3.63) is 84.0 Å². The van der Waals surface area contributed by atoms with Crippen molar-refractivity contribution in [2.45, 2.75) is 38.3 Å². The molecular weight excluding hydrogens is 378 g/mol. The maximum atomic E-state index is 12.5. The molecule has 1 aliphatic rings. The molecular formula is C25H27NO4. The Morgan fingerprint density at radius 3 is 2.73 bits per heavy atom. The Kier molecular flexibility index (Phi) is 7.44. The summed E-state index contributed by atoms with van der Waals surface area (Å²) in [5.74, 6) is -0.125. The third kappa shape index (κ3) is 5.83. The molecule has 0 unspecified atom stereocenters. The summed E-state index contributed by atoms with van der Waals surface area (Å²) in [6, 6.07) is 15.4. The maximum absolute atomic E-state index is 12.5. The van der Waals surface area contributed by atoms with Gasteiger partial charge in [0.15, 0.2) is 6.10 Å². The second kappa shape index (κ2) is 10.4. The second-order valence-electron chi connectivity index (χ2n) is 7.23. The van der Waals surface area contributed by atoms with E-state index < -0.39 is 12.1 Å². The number of benzene rings is 2. The Hall–Kier alpha value is -3.34. The van der Waals surface area contributed by atoms with Gasteiger partial charge in [0.2, 0.25) is 0 Å². The first-order chi connectivity index (χ1) is 14.6. The van der Waals surface area contributed by atoms with Crippen molar-refractivity contribution in [3.63, 3.8) is 0 Å². The lowest BCUT2D eigenvalue weighted by Gasteiger charge is -2.27. The number of carbonyl (C=O) groups is 2. The van der Waals surface area contributed by atoms with Crippen molar-refractivity contribution in [1.82, 2.24) is 5.32 Å². The third-order valence-corrected chi connectivity index (χ3v) is 5.01. The number of amides is 1. The second-order valence-corrected chi connectivity index (χ2v) is 7.23. The van der Waals surface area contributed by atoms with E-state index in [9.17, 15) is 9.59 Å². The van der Waals surface area contributed by atoms with Gasteiger partial charge in [-0.05, 0) is 61.1 Å². The molecule has 2 aromatic rings. The van der Waals surface area contributed by atoms with Gasteiger partial charge in [0.05, 0.1) is 6.04 Å². The lowest BCUT2D eigenvalue weighted by Crippen LogP contribution is -2.39. The lowest BCUT2D eigenvalue weighted by atomic mass is 9.87. The number of fused-ring (bicyclic) bond motifs is 1. The number of esters is 1. The van der Waals surface area contributed by atoms with E-state index in [0.29, 0.717) is 6.61 Å². The van der Waals surface area contributed by atoms with Crippen LogP contribution in [-0.4, -0.2) is 24.6 Å². The number of aryl methyl sites for hydroxylation is 1. The third-order valence-electron chi connectivity index (χ3n) is 5.01. The van der Waals surface area contributed by atoms with E-state index in [0.717, 1.165) is 36.1 Å². The summed E-state index contributed by atoms with van der Waals surface area (Å²) < 4.78 is 10.7. The smallest absolute Gasteiger partial charge is 0.331 e. The Bertz CT molecular complexity index is 917. The number of hydrogen-bond acceptors (Lipinski definition) is 4. The highest BCUT2D eigenvalue weighted by atomic mass is 16.5. The molecule has 0 spiro atoms. The van der Waals surface area contributed by atoms with Crippen LogP contribution in [0.3, 0.4) is 0 Å². The molecule has 1 aliphatic carbocycles. The summed E-state index contributed by atoms with van der Waals surface area (Å²) in [6.45, 7) is 5.63. The van der Waals surface area contributed by atoms with Crippen molar-refractivity contribution in [2.75, 3.05) is 6.61 Å². The van der Waals surface area contributed by atoms with Crippen LogP contribution in [-0.2, 0) is 20.7 Å². The Labute approximate surface area is 177 Å². The molecule has 1 amide bonds. The molecule has 0 heterocycles. The van der Waals surface area contributed by atoms with Gasteiger partial charge in [-0.2, -0.15) is 0 Å². The van der Waals surface area contributed by atoms with Crippen LogP contribution >= 0.6 is 0 Å². The summed E-state index contributed by atoms with van der Waals surface area (Å²) in [5, 5.41) is 3.02. The lowest BCUT2D eigenvalue weighted by molar-refractivity contribution is -0.150. The van der Waals surface area contributed by atoms with E-state index in [1.54, 1.807) is 19.1 Å². The van der Waals surface area contributed by atoms with Gasteiger partial charge in [-0.1, -0.05) is 49.1 Å². The van der Waals surface area contributed by atoms with Crippen molar-refractivity contribution < 1.29 is 19.1 Å². The minimum Gasteiger partial charge on any atom is -0.490 e. The molecule has 0 fully saturated rings. The van der Waals surface area contributed by atoms with Gasteiger partial charge in [-0.15, -0.1) is 0 Å². The van der Waals surface area contributed by atoms with Crippen LogP contribution in [0.5, 0.6) is 5.75 Å². The summed E-state index contributed by atoms with van der Waals surface area (Å²) in [4.78, 5) is 24.6. The fourth-order valence-corrected chi connectivity index (χ4v) is 3.45. The number of ether oxygens (including phenoxy) is 2. The van der Waals surface area contributed by atoms with Crippen molar-refractivity contribution in [1.29, 1.82) is 0 Å². The predicted molar refractivity (Wildman–Crippen MR) is 117 cm³/mol. The zero-order valence-electron chi connectivity index (χ0n) is 17.2. The Balaban J connectivity index is 1.51. The first kappa shape index (κ1) is 21.4. The summed E-state index contributed by atoms with van der Waals surface area (Å²) >= 11 is 0. The van der Waals surface area contributed by atoms with Gasteiger partial charge >= 0.3 is 5.97 Å². The number of nitrogens with one attached hydrogen (secondary N) is 1. The van der Waals surface area contributed by atoms with E-state index in [4.69, 9.17) is 9.47 Å². The van der Waals surface area contributed by atoms with Gasteiger partial charge in [0, 0.05) is 6.08 Å².